The van der Waals surface area contributed by atoms with Gasteiger partial charge in [0.2, 0.25) is 11.8 Å². The number of rotatable bonds is 3. The lowest BCUT2D eigenvalue weighted by atomic mass is 10.0. The molecule has 1 aliphatic heterocycles. The van der Waals surface area contributed by atoms with Crippen molar-refractivity contribution in [3.8, 4) is 0 Å². The maximum Gasteiger partial charge on any atom is 0.337 e. The molecule has 1 heterocycles. The predicted molar refractivity (Wildman–Crippen MR) is 63.2 cm³/mol. The molecule has 0 spiro atoms. The number of carboxylic acids is 1. The van der Waals surface area contributed by atoms with Crippen LogP contribution in [-0.4, -0.2) is 28.9 Å². The molecule has 0 aliphatic carbocycles. The van der Waals surface area contributed by atoms with Gasteiger partial charge in [-0.25, -0.2) is 4.79 Å². The highest BCUT2D eigenvalue weighted by Gasteiger charge is 2.27. The zero-order valence-corrected chi connectivity index (χ0v) is 9.47. The third kappa shape index (κ3) is 2.48. The first-order chi connectivity index (χ1) is 8.58. The normalized spacial score (nSPS) is 19.2. The van der Waals surface area contributed by atoms with Gasteiger partial charge in [0.05, 0.1) is 5.56 Å². The second kappa shape index (κ2) is 4.87. The Labute approximate surface area is 103 Å². The highest BCUT2D eigenvalue weighted by molar-refractivity contribution is 6.02. The second-order valence-electron chi connectivity index (χ2n) is 4.00. The van der Waals surface area contributed by atoms with Crippen molar-refractivity contribution in [3.63, 3.8) is 0 Å². The van der Waals surface area contributed by atoms with Gasteiger partial charge in [-0.15, -0.1) is 0 Å². The topological polar surface area (TPSA) is 95.5 Å². The summed E-state index contributed by atoms with van der Waals surface area (Å²) in [7, 11) is 0. The van der Waals surface area contributed by atoms with Gasteiger partial charge >= 0.3 is 5.97 Å². The van der Waals surface area contributed by atoms with Gasteiger partial charge in [-0.3, -0.25) is 14.9 Å². The molecule has 3 N–H and O–H groups in total. The molecule has 0 bridgehead atoms. The van der Waals surface area contributed by atoms with E-state index in [1.807, 2.05) is 0 Å². The van der Waals surface area contributed by atoms with E-state index in [0.29, 0.717) is 12.1 Å². The summed E-state index contributed by atoms with van der Waals surface area (Å²) in [6, 6.07) is 5.76. The zero-order valence-electron chi connectivity index (χ0n) is 9.47. The number of para-hydroxylation sites is 1. The maximum absolute atomic E-state index is 11.5. The zero-order chi connectivity index (χ0) is 13.1. The van der Waals surface area contributed by atoms with E-state index in [2.05, 4.69) is 10.6 Å². The summed E-state index contributed by atoms with van der Waals surface area (Å²) in [5, 5.41) is 14.1. The number of piperidine rings is 1. The Morgan fingerprint density at radius 1 is 1.33 bits per heavy atom. The van der Waals surface area contributed by atoms with Crippen molar-refractivity contribution < 1.29 is 19.5 Å². The first-order valence-corrected chi connectivity index (χ1v) is 5.50. The van der Waals surface area contributed by atoms with Crippen LogP contribution < -0.4 is 10.6 Å². The first-order valence-electron chi connectivity index (χ1n) is 5.50. The van der Waals surface area contributed by atoms with E-state index < -0.39 is 17.9 Å². The molecule has 1 atom stereocenters. The Hall–Kier alpha value is -2.37. The molecule has 2 rings (SSSR count). The predicted octanol–water partition coefficient (Wildman–Crippen LogP) is 0.602. The summed E-state index contributed by atoms with van der Waals surface area (Å²) >= 11 is 0. The van der Waals surface area contributed by atoms with Crippen LogP contribution in [0.2, 0.25) is 0 Å². The van der Waals surface area contributed by atoms with Crippen molar-refractivity contribution in [2.24, 2.45) is 0 Å². The average Bonchev–Trinajstić information content (AvgIpc) is 2.33. The average molecular weight is 248 g/mol. The largest absolute Gasteiger partial charge is 0.478 e. The number of aromatic carboxylic acids is 1. The summed E-state index contributed by atoms with van der Waals surface area (Å²) in [4.78, 5) is 33.5. The molecule has 1 aromatic carbocycles. The van der Waals surface area contributed by atoms with Crippen molar-refractivity contribution in [2.75, 3.05) is 5.32 Å². The molecule has 6 nitrogen and oxygen atoms in total. The fourth-order valence-electron chi connectivity index (χ4n) is 1.81. The van der Waals surface area contributed by atoms with Gasteiger partial charge in [0.25, 0.3) is 0 Å². The van der Waals surface area contributed by atoms with Crippen molar-refractivity contribution in [2.45, 2.75) is 18.9 Å². The molecule has 1 aliphatic rings. The monoisotopic (exact) mass is 248 g/mol. The van der Waals surface area contributed by atoms with E-state index in [-0.39, 0.29) is 17.9 Å². The number of carbonyl (C=O) groups excluding carboxylic acids is 2. The van der Waals surface area contributed by atoms with Crippen LogP contribution in [0.25, 0.3) is 0 Å². The third-order valence-corrected chi connectivity index (χ3v) is 2.73. The number of hydrogen-bond acceptors (Lipinski definition) is 4. The molecule has 18 heavy (non-hydrogen) atoms. The number of imide groups is 1. The minimum atomic E-state index is -1.06. The number of nitrogens with one attached hydrogen (secondary N) is 2. The molecular weight excluding hydrogens is 236 g/mol. The van der Waals surface area contributed by atoms with E-state index in [4.69, 9.17) is 5.11 Å². The highest BCUT2D eigenvalue weighted by Crippen LogP contribution is 2.18. The fourth-order valence-corrected chi connectivity index (χ4v) is 1.81. The molecule has 0 saturated carbocycles. The number of carboxylic acid groups (broad SMARTS) is 1. The van der Waals surface area contributed by atoms with E-state index in [0.717, 1.165) is 0 Å². The molecule has 1 unspecified atom stereocenters. The minimum Gasteiger partial charge on any atom is -0.478 e. The number of benzene rings is 1. The first kappa shape index (κ1) is 12.1. The number of hydrogen-bond donors (Lipinski definition) is 3. The fraction of sp³-hybridized carbons (Fsp3) is 0.250. The molecule has 1 aromatic rings. The summed E-state index contributed by atoms with van der Waals surface area (Å²) in [5.41, 5.74) is 0.474. The standard InChI is InChI=1S/C12H12N2O4/c15-10-6-5-9(11(16)14-10)13-8-4-2-1-3-7(8)12(17)18/h1-4,9,13H,5-6H2,(H,17,18)(H,14,15,16). The molecule has 6 heteroatoms. The summed E-state index contributed by atoms with van der Waals surface area (Å²) in [5.74, 6) is -1.79. The Morgan fingerprint density at radius 3 is 2.72 bits per heavy atom. The third-order valence-electron chi connectivity index (χ3n) is 2.73. The van der Waals surface area contributed by atoms with Crippen LogP contribution in [0.1, 0.15) is 23.2 Å². The Morgan fingerprint density at radius 2 is 2.06 bits per heavy atom. The molecule has 0 aromatic heterocycles. The highest BCUT2D eigenvalue weighted by atomic mass is 16.4. The van der Waals surface area contributed by atoms with E-state index in [1.54, 1.807) is 18.2 Å². The lowest BCUT2D eigenvalue weighted by Gasteiger charge is -2.23. The molecule has 1 saturated heterocycles. The Bertz CT molecular complexity index is 513. The number of anilines is 1. The molecule has 94 valence electrons. The number of carbonyl (C=O) groups is 3. The van der Waals surface area contributed by atoms with Crippen molar-refractivity contribution in [1.82, 2.24) is 5.32 Å². The summed E-state index contributed by atoms with van der Waals surface area (Å²) < 4.78 is 0. The Balaban J connectivity index is 2.17. The smallest absolute Gasteiger partial charge is 0.337 e. The van der Waals surface area contributed by atoms with Crippen LogP contribution in [0.5, 0.6) is 0 Å². The molecule has 2 amide bonds. The SMILES string of the molecule is O=C1CCC(Nc2ccccc2C(=O)O)C(=O)N1. The van der Waals surface area contributed by atoms with Gasteiger partial charge in [0, 0.05) is 12.1 Å². The lowest BCUT2D eigenvalue weighted by molar-refractivity contribution is -0.133. The van der Waals surface area contributed by atoms with Crippen LogP contribution in [0, 0.1) is 0 Å². The molecule has 0 radical (unpaired) electrons. The van der Waals surface area contributed by atoms with Gasteiger partial charge in [0.15, 0.2) is 0 Å². The quantitative estimate of drug-likeness (QED) is 0.681. The summed E-state index contributed by atoms with van der Waals surface area (Å²) in [6.07, 6.45) is 0.608. The van der Waals surface area contributed by atoms with Crippen LogP contribution >= 0.6 is 0 Å². The maximum atomic E-state index is 11.5. The minimum absolute atomic E-state index is 0.0993. The second-order valence-corrected chi connectivity index (χ2v) is 4.00. The van der Waals surface area contributed by atoms with Gasteiger partial charge in [-0.2, -0.15) is 0 Å². The van der Waals surface area contributed by atoms with Gasteiger partial charge in [-0.05, 0) is 18.6 Å². The molecule has 1 fully saturated rings. The van der Waals surface area contributed by atoms with Crippen LogP contribution in [-0.2, 0) is 9.59 Å². The van der Waals surface area contributed by atoms with E-state index >= 15 is 0 Å². The van der Waals surface area contributed by atoms with Crippen LogP contribution in [0.15, 0.2) is 24.3 Å². The van der Waals surface area contributed by atoms with E-state index in [1.165, 1.54) is 6.07 Å². The lowest BCUT2D eigenvalue weighted by Crippen LogP contribution is -2.47. The number of amides is 2. The van der Waals surface area contributed by atoms with Gasteiger partial charge in [-0.1, -0.05) is 12.1 Å². The Kier molecular flexibility index (Phi) is 3.27. The van der Waals surface area contributed by atoms with Gasteiger partial charge < -0.3 is 10.4 Å². The van der Waals surface area contributed by atoms with Crippen molar-refractivity contribution in [3.05, 3.63) is 29.8 Å². The molecular formula is C12H12N2O4. The van der Waals surface area contributed by atoms with Crippen LogP contribution in [0.4, 0.5) is 5.69 Å². The van der Waals surface area contributed by atoms with Crippen LogP contribution in [0.3, 0.4) is 0 Å². The van der Waals surface area contributed by atoms with Crippen molar-refractivity contribution in [1.29, 1.82) is 0 Å². The van der Waals surface area contributed by atoms with Crippen molar-refractivity contribution >= 4 is 23.5 Å². The van der Waals surface area contributed by atoms with E-state index in [9.17, 15) is 14.4 Å². The summed E-state index contributed by atoms with van der Waals surface area (Å²) in [6.45, 7) is 0. The van der Waals surface area contributed by atoms with Gasteiger partial charge in [0.1, 0.15) is 6.04 Å².